The molecule has 0 heterocycles. The molecule has 0 atom stereocenters. The van der Waals surface area contributed by atoms with Gasteiger partial charge in [-0.2, -0.15) is 0 Å². The van der Waals surface area contributed by atoms with Crippen LogP contribution in [-0.4, -0.2) is 18.4 Å². The number of carbonyl (C=O) groups excluding carboxylic acids is 2. The third-order valence-electron chi connectivity index (χ3n) is 3.10. The van der Waals surface area contributed by atoms with Gasteiger partial charge in [0.1, 0.15) is 0 Å². The maximum Gasteiger partial charge on any atom is 0.338 e. The molecule has 0 aliphatic heterocycles. The lowest BCUT2D eigenvalue weighted by Crippen LogP contribution is -2.14. The number of hydrogen-bond donors (Lipinski definition) is 0. The van der Waals surface area contributed by atoms with E-state index >= 15 is 0 Å². The van der Waals surface area contributed by atoms with E-state index in [4.69, 9.17) is 4.74 Å². The van der Waals surface area contributed by atoms with Gasteiger partial charge in [0, 0.05) is 9.13 Å². The zero-order chi connectivity index (χ0) is 15.2. The summed E-state index contributed by atoms with van der Waals surface area (Å²) in [6, 6.07) is 14.4. The van der Waals surface area contributed by atoms with Crippen molar-refractivity contribution in [1.82, 2.24) is 0 Å². The number of ketones is 1. The molecule has 2 aromatic carbocycles. The highest BCUT2D eigenvalue weighted by atomic mass is 127. The first kappa shape index (κ1) is 15.7. The lowest BCUT2D eigenvalue weighted by Gasteiger charge is -2.05. The van der Waals surface area contributed by atoms with Gasteiger partial charge in [0.15, 0.2) is 12.4 Å². The van der Waals surface area contributed by atoms with Crippen LogP contribution in [0, 0.1) is 3.57 Å². The maximum absolute atomic E-state index is 12.0. The lowest BCUT2D eigenvalue weighted by molar-refractivity contribution is 0.0474. The number of rotatable bonds is 5. The Morgan fingerprint density at radius 1 is 0.952 bits per heavy atom. The minimum absolute atomic E-state index is 0.198. The second kappa shape index (κ2) is 7.36. The van der Waals surface area contributed by atoms with E-state index in [9.17, 15) is 9.59 Å². The fraction of sp³-hybridized carbons (Fsp3) is 0.176. The molecule has 0 saturated heterocycles. The first-order chi connectivity index (χ1) is 10.1. The summed E-state index contributed by atoms with van der Waals surface area (Å²) in [5, 5.41) is 0. The van der Waals surface area contributed by atoms with Crippen LogP contribution in [-0.2, 0) is 11.2 Å². The van der Waals surface area contributed by atoms with Gasteiger partial charge in [-0.15, -0.1) is 0 Å². The van der Waals surface area contributed by atoms with Gasteiger partial charge in [0.05, 0.1) is 5.56 Å². The number of ether oxygens (including phenoxy) is 1. The third-order valence-corrected chi connectivity index (χ3v) is 3.82. The number of halogens is 1. The summed E-state index contributed by atoms with van der Waals surface area (Å²) >= 11 is 2.16. The minimum Gasteiger partial charge on any atom is -0.454 e. The quantitative estimate of drug-likeness (QED) is 0.439. The highest BCUT2D eigenvalue weighted by Crippen LogP contribution is 2.09. The van der Waals surface area contributed by atoms with Gasteiger partial charge < -0.3 is 4.74 Å². The van der Waals surface area contributed by atoms with Crippen LogP contribution in [0.15, 0.2) is 48.5 Å². The highest BCUT2D eigenvalue weighted by molar-refractivity contribution is 14.1. The molecule has 0 aliphatic carbocycles. The van der Waals surface area contributed by atoms with Gasteiger partial charge in [-0.05, 0) is 58.8 Å². The molecular weight excluding hydrogens is 379 g/mol. The fourth-order valence-electron chi connectivity index (χ4n) is 1.81. The molecular formula is C17H15IO3. The molecule has 0 N–H and O–H groups in total. The predicted molar refractivity (Wildman–Crippen MR) is 89.6 cm³/mol. The summed E-state index contributed by atoms with van der Waals surface area (Å²) in [6.45, 7) is 1.82. The molecule has 2 rings (SSSR count). The summed E-state index contributed by atoms with van der Waals surface area (Å²) in [6.07, 6.45) is 0.927. The van der Waals surface area contributed by atoms with E-state index in [1.165, 1.54) is 5.56 Å². The number of carbonyl (C=O) groups is 2. The van der Waals surface area contributed by atoms with Crippen LogP contribution in [0.4, 0.5) is 0 Å². The largest absolute Gasteiger partial charge is 0.454 e. The second-order valence-electron chi connectivity index (χ2n) is 4.56. The first-order valence-corrected chi connectivity index (χ1v) is 7.73. The van der Waals surface area contributed by atoms with E-state index in [0.29, 0.717) is 11.1 Å². The molecule has 21 heavy (non-hydrogen) atoms. The van der Waals surface area contributed by atoms with Gasteiger partial charge in [-0.3, -0.25) is 4.79 Å². The van der Waals surface area contributed by atoms with Gasteiger partial charge >= 0.3 is 5.97 Å². The van der Waals surface area contributed by atoms with E-state index in [0.717, 1.165) is 9.99 Å². The Bertz CT molecular complexity index is 630. The van der Waals surface area contributed by atoms with Gasteiger partial charge in [-0.25, -0.2) is 4.79 Å². The normalized spacial score (nSPS) is 10.2. The molecule has 2 aromatic rings. The van der Waals surface area contributed by atoms with Crippen LogP contribution in [0.25, 0.3) is 0 Å². The molecule has 0 bridgehead atoms. The first-order valence-electron chi connectivity index (χ1n) is 6.65. The van der Waals surface area contributed by atoms with Crippen LogP contribution in [0.3, 0.4) is 0 Å². The van der Waals surface area contributed by atoms with Crippen molar-refractivity contribution in [2.75, 3.05) is 6.61 Å². The van der Waals surface area contributed by atoms with Crippen LogP contribution in [0.2, 0.25) is 0 Å². The van der Waals surface area contributed by atoms with Crippen LogP contribution < -0.4 is 0 Å². The summed E-state index contributed by atoms with van der Waals surface area (Å²) in [4.78, 5) is 23.8. The molecule has 0 unspecified atom stereocenters. The Kier molecular flexibility index (Phi) is 5.50. The topological polar surface area (TPSA) is 43.4 Å². The number of esters is 1. The standard InChI is InChI=1S/C17H15IO3/c1-2-12-3-5-13(6-4-12)16(19)11-21-17(20)14-7-9-15(18)10-8-14/h3-10H,2,11H2,1H3. The monoisotopic (exact) mass is 394 g/mol. The molecule has 0 aliphatic rings. The third kappa shape index (κ3) is 4.39. The lowest BCUT2D eigenvalue weighted by atomic mass is 10.1. The number of Topliss-reactive ketones (excluding diaryl/α,β-unsaturated/α-hetero) is 1. The zero-order valence-electron chi connectivity index (χ0n) is 11.6. The summed E-state index contributed by atoms with van der Waals surface area (Å²) in [5.74, 6) is -0.679. The van der Waals surface area contributed by atoms with Gasteiger partial charge in [-0.1, -0.05) is 31.2 Å². The maximum atomic E-state index is 12.0. The summed E-state index contributed by atoms with van der Waals surface area (Å²) in [7, 11) is 0. The molecule has 108 valence electrons. The van der Waals surface area contributed by atoms with E-state index in [2.05, 4.69) is 29.5 Å². The smallest absolute Gasteiger partial charge is 0.338 e. The van der Waals surface area contributed by atoms with Crippen molar-refractivity contribution in [1.29, 1.82) is 0 Å². The number of aryl methyl sites for hydroxylation is 1. The molecule has 0 radical (unpaired) electrons. The van der Waals surface area contributed by atoms with Crippen molar-refractivity contribution in [2.24, 2.45) is 0 Å². The van der Waals surface area contributed by atoms with Crippen molar-refractivity contribution in [2.45, 2.75) is 13.3 Å². The van der Waals surface area contributed by atoms with Crippen LogP contribution >= 0.6 is 22.6 Å². The molecule has 0 spiro atoms. The molecule has 0 amide bonds. The van der Waals surface area contributed by atoms with E-state index < -0.39 is 5.97 Å². The molecule has 0 fully saturated rings. The molecule has 0 aromatic heterocycles. The Labute approximate surface area is 137 Å². The van der Waals surface area contributed by atoms with Crippen molar-refractivity contribution in [3.8, 4) is 0 Å². The summed E-state index contributed by atoms with van der Waals surface area (Å²) < 4.78 is 6.09. The Hall–Kier alpha value is -1.69. The fourth-order valence-corrected chi connectivity index (χ4v) is 2.17. The molecule has 4 heteroatoms. The number of hydrogen-bond acceptors (Lipinski definition) is 3. The average molecular weight is 394 g/mol. The average Bonchev–Trinajstić information content (AvgIpc) is 2.53. The van der Waals surface area contributed by atoms with Crippen molar-refractivity contribution < 1.29 is 14.3 Å². The highest BCUT2D eigenvalue weighted by Gasteiger charge is 2.11. The number of benzene rings is 2. The van der Waals surface area contributed by atoms with Crippen LogP contribution in [0.5, 0.6) is 0 Å². The van der Waals surface area contributed by atoms with Crippen molar-refractivity contribution in [3.05, 3.63) is 68.8 Å². The Morgan fingerprint density at radius 2 is 1.52 bits per heavy atom. The van der Waals surface area contributed by atoms with Crippen molar-refractivity contribution >= 4 is 34.3 Å². The minimum atomic E-state index is -0.482. The zero-order valence-corrected chi connectivity index (χ0v) is 13.8. The van der Waals surface area contributed by atoms with Gasteiger partial charge in [0.2, 0.25) is 0 Å². The van der Waals surface area contributed by atoms with Crippen LogP contribution in [0.1, 0.15) is 33.2 Å². The predicted octanol–water partition coefficient (Wildman–Crippen LogP) is 3.89. The second-order valence-corrected chi connectivity index (χ2v) is 5.80. The SMILES string of the molecule is CCc1ccc(C(=O)COC(=O)c2ccc(I)cc2)cc1. The van der Waals surface area contributed by atoms with Gasteiger partial charge in [0.25, 0.3) is 0 Å². The van der Waals surface area contributed by atoms with E-state index in [-0.39, 0.29) is 12.4 Å². The Balaban J connectivity index is 1.93. The summed E-state index contributed by atoms with van der Waals surface area (Å²) in [5.41, 5.74) is 2.18. The van der Waals surface area contributed by atoms with E-state index in [1.54, 1.807) is 24.3 Å². The van der Waals surface area contributed by atoms with Crippen molar-refractivity contribution in [3.63, 3.8) is 0 Å². The Morgan fingerprint density at radius 3 is 2.10 bits per heavy atom. The molecule has 0 saturated carbocycles. The van der Waals surface area contributed by atoms with E-state index in [1.807, 2.05) is 24.3 Å². The molecule has 3 nitrogen and oxygen atoms in total.